The van der Waals surface area contributed by atoms with Crippen molar-refractivity contribution >= 4 is 45.8 Å². The molecular weight excluding hydrogens is 462 g/mol. The Labute approximate surface area is 205 Å². The molecule has 0 aliphatic rings. The summed E-state index contributed by atoms with van der Waals surface area (Å²) in [6.07, 6.45) is 1.65. The fourth-order valence-electron chi connectivity index (χ4n) is 3.86. The molecule has 0 saturated heterocycles. The summed E-state index contributed by atoms with van der Waals surface area (Å²) in [4.78, 5) is 37.6. The zero-order valence-corrected chi connectivity index (χ0v) is 20.3. The first-order valence-corrected chi connectivity index (χ1v) is 11.9. The molecule has 35 heavy (non-hydrogen) atoms. The minimum Gasteiger partial charge on any atom is -0.440 e. The second-order valence-corrected chi connectivity index (χ2v) is 9.03. The van der Waals surface area contributed by atoms with E-state index in [0.29, 0.717) is 40.1 Å². The lowest BCUT2D eigenvalue weighted by Gasteiger charge is -2.17. The van der Waals surface area contributed by atoms with Gasteiger partial charge in [0.25, 0.3) is 11.8 Å². The first kappa shape index (κ1) is 22.5. The molecule has 3 heterocycles. The van der Waals surface area contributed by atoms with Crippen LogP contribution in [0.25, 0.3) is 21.7 Å². The maximum atomic E-state index is 13.0. The van der Waals surface area contributed by atoms with Crippen LogP contribution < -0.4 is 10.2 Å². The van der Waals surface area contributed by atoms with Crippen molar-refractivity contribution in [2.45, 2.75) is 20.4 Å². The number of hydrogen-bond donors (Lipinski definition) is 1. The number of anilines is 2. The number of nitrogens with one attached hydrogen (secondary N) is 1. The molecule has 0 spiro atoms. The number of nitrogens with zero attached hydrogens (tertiary/aromatic N) is 4. The Morgan fingerprint density at radius 3 is 2.63 bits per heavy atom. The number of benzene rings is 2. The van der Waals surface area contributed by atoms with Crippen LogP contribution in [0.2, 0.25) is 0 Å². The average Bonchev–Trinajstić information content (AvgIpc) is 3.61. The van der Waals surface area contributed by atoms with Crippen molar-refractivity contribution in [1.82, 2.24) is 14.5 Å². The van der Waals surface area contributed by atoms with Gasteiger partial charge in [0.2, 0.25) is 5.95 Å². The normalized spacial score (nSPS) is 11.1. The maximum Gasteiger partial charge on any atom is 0.268 e. The minimum atomic E-state index is -0.251. The van der Waals surface area contributed by atoms with Gasteiger partial charge in [-0.1, -0.05) is 18.2 Å². The molecule has 0 aliphatic heterocycles. The summed E-state index contributed by atoms with van der Waals surface area (Å²) < 4.78 is 7.49. The van der Waals surface area contributed by atoms with Gasteiger partial charge in [-0.25, -0.2) is 9.97 Å². The van der Waals surface area contributed by atoms with E-state index in [-0.39, 0.29) is 11.8 Å². The zero-order chi connectivity index (χ0) is 24.5. The van der Waals surface area contributed by atoms with Crippen LogP contribution in [0.3, 0.4) is 0 Å². The van der Waals surface area contributed by atoms with Gasteiger partial charge in [0.15, 0.2) is 11.7 Å². The summed E-state index contributed by atoms with van der Waals surface area (Å²) in [7, 11) is 1.74. The molecule has 0 unspecified atom stereocenters. The molecule has 2 aromatic carbocycles. The number of fused-ring (bicyclic) bond motifs is 1. The molecule has 9 heteroatoms. The van der Waals surface area contributed by atoms with Gasteiger partial charge in [0.1, 0.15) is 0 Å². The molecule has 0 fully saturated rings. The number of carbonyl (C=O) groups excluding carboxylic acids is 2. The van der Waals surface area contributed by atoms with Gasteiger partial charge >= 0.3 is 0 Å². The number of amides is 2. The van der Waals surface area contributed by atoms with Crippen LogP contribution in [0.5, 0.6) is 0 Å². The van der Waals surface area contributed by atoms with Crippen molar-refractivity contribution in [2.24, 2.45) is 0 Å². The highest BCUT2D eigenvalue weighted by molar-refractivity contribution is 7.17. The molecule has 0 atom stereocenters. The Kier molecular flexibility index (Phi) is 5.92. The Morgan fingerprint density at radius 1 is 1.11 bits per heavy atom. The van der Waals surface area contributed by atoms with Crippen LogP contribution >= 0.6 is 11.3 Å². The van der Waals surface area contributed by atoms with E-state index in [2.05, 4.69) is 15.3 Å². The molecule has 3 aromatic heterocycles. The van der Waals surface area contributed by atoms with Gasteiger partial charge in [-0.05, 0) is 49.4 Å². The molecule has 0 aliphatic carbocycles. The first-order chi connectivity index (χ1) is 16.9. The van der Waals surface area contributed by atoms with Crippen molar-refractivity contribution in [1.29, 1.82) is 0 Å². The number of carbonyl (C=O) groups is 2. The van der Waals surface area contributed by atoms with E-state index < -0.39 is 0 Å². The van der Waals surface area contributed by atoms with Gasteiger partial charge in [0, 0.05) is 31.8 Å². The summed E-state index contributed by atoms with van der Waals surface area (Å²) in [6.45, 7) is 4.39. The van der Waals surface area contributed by atoms with Crippen molar-refractivity contribution in [2.75, 3.05) is 17.3 Å². The summed E-state index contributed by atoms with van der Waals surface area (Å²) in [5.41, 5.74) is 2.89. The van der Waals surface area contributed by atoms with Crippen LogP contribution in [0.4, 0.5) is 11.6 Å². The Bertz CT molecular complexity index is 1530. The van der Waals surface area contributed by atoms with Crippen LogP contribution in [0.15, 0.2) is 71.3 Å². The number of aromatic nitrogens is 3. The highest BCUT2D eigenvalue weighted by Gasteiger charge is 2.19. The lowest BCUT2D eigenvalue weighted by molar-refractivity contribution is 0.0991. The van der Waals surface area contributed by atoms with E-state index in [9.17, 15) is 9.59 Å². The van der Waals surface area contributed by atoms with E-state index in [1.54, 1.807) is 43.3 Å². The molecule has 1 N–H and O–H groups in total. The highest BCUT2D eigenvalue weighted by Crippen LogP contribution is 2.30. The average molecular weight is 486 g/mol. The Hall–Kier alpha value is -4.24. The van der Waals surface area contributed by atoms with Gasteiger partial charge < -0.3 is 13.9 Å². The largest absolute Gasteiger partial charge is 0.440 e. The predicted molar refractivity (Wildman–Crippen MR) is 137 cm³/mol. The van der Waals surface area contributed by atoms with E-state index in [0.717, 1.165) is 16.1 Å². The number of oxazole rings is 1. The molecule has 0 saturated carbocycles. The fourth-order valence-corrected chi connectivity index (χ4v) is 4.71. The topological polar surface area (TPSA) is 93.3 Å². The van der Waals surface area contributed by atoms with Crippen LogP contribution in [-0.4, -0.2) is 33.4 Å². The molecular formula is C26H23N5O3S. The third-order valence-corrected chi connectivity index (χ3v) is 6.78. The van der Waals surface area contributed by atoms with Crippen LogP contribution in [0, 0.1) is 6.92 Å². The SMILES string of the molecule is CCn1c(NC(=O)c2ccc(-c3cnc(C)o3)s2)nc2cc(N(C)C(=O)c3ccccc3)ccc21. The highest BCUT2D eigenvalue weighted by atomic mass is 32.1. The molecule has 5 aromatic rings. The van der Waals surface area contributed by atoms with Crippen LogP contribution in [-0.2, 0) is 6.54 Å². The maximum absolute atomic E-state index is 13.0. The van der Waals surface area contributed by atoms with Crippen molar-refractivity contribution in [3.63, 3.8) is 0 Å². The molecule has 8 nitrogen and oxygen atoms in total. The third-order valence-electron chi connectivity index (χ3n) is 5.68. The monoisotopic (exact) mass is 485 g/mol. The third kappa shape index (κ3) is 4.33. The second kappa shape index (κ2) is 9.19. The van der Waals surface area contributed by atoms with Crippen molar-refractivity contribution in [3.05, 3.63) is 83.2 Å². The van der Waals surface area contributed by atoms with Crippen molar-refractivity contribution < 1.29 is 14.0 Å². The van der Waals surface area contributed by atoms with Crippen molar-refractivity contribution in [3.8, 4) is 10.6 Å². The smallest absolute Gasteiger partial charge is 0.268 e. The second-order valence-electron chi connectivity index (χ2n) is 7.94. The number of thiophene rings is 1. The van der Waals surface area contributed by atoms with Gasteiger partial charge in [-0.15, -0.1) is 11.3 Å². The summed E-state index contributed by atoms with van der Waals surface area (Å²) in [5.74, 6) is 1.30. The predicted octanol–water partition coefficient (Wildman–Crippen LogP) is 5.61. The van der Waals surface area contributed by atoms with Gasteiger partial charge in [0.05, 0.1) is 27.0 Å². The van der Waals surface area contributed by atoms with Crippen LogP contribution in [0.1, 0.15) is 32.8 Å². The molecule has 176 valence electrons. The summed E-state index contributed by atoms with van der Waals surface area (Å²) >= 11 is 1.33. The van der Waals surface area contributed by atoms with Gasteiger partial charge in [-0.3, -0.25) is 14.9 Å². The molecule has 0 bridgehead atoms. The molecule has 0 radical (unpaired) electrons. The minimum absolute atomic E-state index is 0.108. The Balaban J connectivity index is 1.40. The lowest BCUT2D eigenvalue weighted by Crippen LogP contribution is -2.26. The molecule has 2 amide bonds. The van der Waals surface area contributed by atoms with E-state index in [1.165, 1.54) is 11.3 Å². The standard InChI is InChI=1S/C26H23N5O3S/c1-4-31-20-11-10-18(30(3)25(33)17-8-6-5-7-9-17)14-19(20)28-26(31)29-24(32)23-13-12-22(35-23)21-15-27-16(2)34-21/h5-15H,4H2,1-3H3,(H,28,29,32). The zero-order valence-electron chi connectivity index (χ0n) is 19.5. The number of hydrogen-bond acceptors (Lipinski definition) is 6. The first-order valence-electron chi connectivity index (χ1n) is 11.1. The van der Waals surface area contributed by atoms with E-state index in [4.69, 9.17) is 4.42 Å². The quantitative estimate of drug-likeness (QED) is 0.337. The number of aryl methyl sites for hydroxylation is 2. The molecule has 5 rings (SSSR count). The summed E-state index contributed by atoms with van der Waals surface area (Å²) in [6, 6.07) is 18.4. The lowest BCUT2D eigenvalue weighted by atomic mass is 10.2. The van der Waals surface area contributed by atoms with E-state index in [1.807, 2.05) is 54.0 Å². The van der Waals surface area contributed by atoms with E-state index >= 15 is 0 Å². The number of rotatable bonds is 6. The number of imidazole rings is 1. The summed E-state index contributed by atoms with van der Waals surface area (Å²) in [5, 5.41) is 2.93. The Morgan fingerprint density at radius 2 is 1.91 bits per heavy atom. The fraction of sp³-hybridized carbons (Fsp3) is 0.154. The van der Waals surface area contributed by atoms with Gasteiger partial charge in [-0.2, -0.15) is 0 Å².